The molecule has 0 fully saturated rings. The normalized spacial score (nSPS) is 12.6. The molecule has 0 aromatic heterocycles. The Morgan fingerprint density at radius 3 is 1.51 bits per heavy atom. The molecule has 0 unspecified atom stereocenters. The van der Waals surface area contributed by atoms with Gasteiger partial charge >= 0.3 is 0 Å². The molecule has 3 rings (SSSR count). The number of unbranched alkanes of at least 4 members (excludes halogenated alkanes) is 4. The van der Waals surface area contributed by atoms with E-state index in [9.17, 15) is 10.5 Å². The minimum Gasteiger partial charge on any atom is -0.457 e. The Morgan fingerprint density at radius 1 is 0.667 bits per heavy atom. The van der Waals surface area contributed by atoms with Gasteiger partial charge in [-0.1, -0.05) is 88.1 Å². The van der Waals surface area contributed by atoms with Gasteiger partial charge in [0.1, 0.15) is 29.2 Å². The van der Waals surface area contributed by atoms with Crippen LogP contribution in [0.2, 0.25) is 0 Å². The van der Waals surface area contributed by atoms with Gasteiger partial charge in [-0.25, -0.2) is 0 Å². The average molecular weight is 599 g/mol. The number of nitrogens with zero attached hydrogens (tertiary/aromatic N) is 4. The fraction of sp³-hybridized carbons (Fsp3) is 0.300. The summed E-state index contributed by atoms with van der Waals surface area (Å²) in [5, 5.41) is 19.1. The fourth-order valence-electron chi connectivity index (χ4n) is 5.03. The topological polar surface area (TPSA) is 63.3 Å². The van der Waals surface area contributed by atoms with E-state index in [2.05, 4.69) is 73.2 Å². The summed E-state index contributed by atoms with van der Waals surface area (Å²) in [5.41, 5.74) is 4.95. The molecule has 0 N–H and O–H groups in total. The molecule has 0 aliphatic carbocycles. The Labute approximate surface area is 270 Å². The third-order valence-corrected chi connectivity index (χ3v) is 7.50. The van der Waals surface area contributed by atoms with Crippen molar-refractivity contribution < 1.29 is 4.74 Å². The summed E-state index contributed by atoms with van der Waals surface area (Å²) in [6.07, 6.45) is 22.2. The van der Waals surface area contributed by atoms with Crippen molar-refractivity contribution in [2.75, 3.05) is 36.0 Å². The van der Waals surface area contributed by atoms with E-state index < -0.39 is 0 Å². The average Bonchev–Trinajstić information content (AvgIpc) is 3.07. The predicted molar refractivity (Wildman–Crippen MR) is 190 cm³/mol. The lowest BCUT2D eigenvalue weighted by atomic mass is 10.0. The lowest BCUT2D eigenvalue weighted by Crippen LogP contribution is -2.25. The minimum absolute atomic E-state index is 0.0413. The number of hydrogen-bond donors (Lipinski definition) is 0. The molecular formula is C40H46N4O. The quantitative estimate of drug-likeness (QED) is 0.0971. The number of rotatable bonds is 18. The van der Waals surface area contributed by atoms with Crippen molar-refractivity contribution in [2.24, 2.45) is 0 Å². The Hall–Kier alpha value is -5.00. The lowest BCUT2D eigenvalue weighted by molar-refractivity contribution is 0.332. The maximum absolute atomic E-state index is 9.53. The molecule has 2 aromatic rings. The van der Waals surface area contributed by atoms with Crippen LogP contribution in [-0.2, 0) is 4.74 Å². The highest BCUT2D eigenvalue weighted by atomic mass is 16.5. The molecule has 2 aromatic carbocycles. The Morgan fingerprint density at radius 2 is 1.11 bits per heavy atom. The van der Waals surface area contributed by atoms with E-state index in [4.69, 9.17) is 4.74 Å². The molecule has 0 atom stereocenters. The minimum atomic E-state index is 0.0413. The second kappa shape index (κ2) is 19.3. The van der Waals surface area contributed by atoms with Crippen LogP contribution in [0.4, 0.5) is 11.4 Å². The molecule has 0 spiro atoms. The molecule has 0 saturated heterocycles. The second-order valence-electron chi connectivity index (χ2n) is 11.0. The van der Waals surface area contributed by atoms with E-state index in [1.807, 2.05) is 60.7 Å². The number of nitriles is 2. The maximum atomic E-state index is 9.53. The third kappa shape index (κ3) is 11.2. The first-order valence-corrected chi connectivity index (χ1v) is 16.0. The van der Waals surface area contributed by atoms with Gasteiger partial charge in [-0.2, -0.15) is 10.5 Å². The van der Waals surface area contributed by atoms with Gasteiger partial charge in [0.25, 0.3) is 0 Å². The first-order chi connectivity index (χ1) is 22.0. The van der Waals surface area contributed by atoms with Crippen LogP contribution in [0.1, 0.15) is 63.5 Å². The Kier molecular flexibility index (Phi) is 14.8. The molecule has 0 saturated carbocycles. The summed E-state index contributed by atoms with van der Waals surface area (Å²) in [6.45, 7) is 15.8. The van der Waals surface area contributed by atoms with Crippen molar-refractivity contribution in [3.63, 3.8) is 0 Å². The summed E-state index contributed by atoms with van der Waals surface area (Å²) in [7, 11) is 0. The first-order valence-electron chi connectivity index (χ1n) is 16.0. The predicted octanol–water partition coefficient (Wildman–Crippen LogP) is 9.92. The number of allylic oxidation sites excluding steroid dienone is 6. The molecular weight excluding hydrogens is 552 g/mol. The molecule has 0 radical (unpaired) electrons. The van der Waals surface area contributed by atoms with E-state index in [0.29, 0.717) is 17.1 Å². The summed E-state index contributed by atoms with van der Waals surface area (Å²) in [6, 6.07) is 20.8. The monoisotopic (exact) mass is 598 g/mol. The fourth-order valence-corrected chi connectivity index (χ4v) is 5.03. The summed E-state index contributed by atoms with van der Waals surface area (Å²) in [4.78, 5) is 4.68. The van der Waals surface area contributed by atoms with E-state index in [0.717, 1.165) is 43.0 Å². The smallest absolute Gasteiger partial charge is 0.137 e. The van der Waals surface area contributed by atoms with Gasteiger partial charge < -0.3 is 14.5 Å². The molecule has 1 aliphatic rings. The van der Waals surface area contributed by atoms with Crippen LogP contribution in [0.25, 0.3) is 12.2 Å². The van der Waals surface area contributed by atoms with Crippen LogP contribution in [-0.4, -0.2) is 26.2 Å². The van der Waals surface area contributed by atoms with Crippen molar-refractivity contribution in [3.05, 3.63) is 132 Å². The number of anilines is 2. The van der Waals surface area contributed by atoms with Crippen LogP contribution < -0.4 is 9.80 Å². The zero-order valence-corrected chi connectivity index (χ0v) is 26.9. The Bertz CT molecular complexity index is 1460. The van der Waals surface area contributed by atoms with Gasteiger partial charge in [0.2, 0.25) is 0 Å². The molecule has 0 amide bonds. The molecule has 0 bridgehead atoms. The van der Waals surface area contributed by atoms with Crippen LogP contribution in [0.5, 0.6) is 0 Å². The van der Waals surface area contributed by atoms with Crippen molar-refractivity contribution in [1.82, 2.24) is 0 Å². The lowest BCUT2D eigenvalue weighted by Gasteiger charge is -2.25. The number of ether oxygens (including phenoxy) is 1. The van der Waals surface area contributed by atoms with Crippen molar-refractivity contribution in [3.8, 4) is 12.1 Å². The van der Waals surface area contributed by atoms with E-state index in [1.54, 1.807) is 12.2 Å². The highest BCUT2D eigenvalue weighted by Gasteiger charge is 2.12. The van der Waals surface area contributed by atoms with Gasteiger partial charge in [-0.3, -0.25) is 0 Å². The maximum Gasteiger partial charge on any atom is 0.137 e. The largest absolute Gasteiger partial charge is 0.457 e. The van der Waals surface area contributed by atoms with E-state index >= 15 is 0 Å². The van der Waals surface area contributed by atoms with Gasteiger partial charge in [0.05, 0.1) is 0 Å². The molecule has 232 valence electrons. The van der Waals surface area contributed by atoms with Gasteiger partial charge in [-0.05, 0) is 72.5 Å². The zero-order valence-electron chi connectivity index (χ0n) is 26.9. The van der Waals surface area contributed by atoms with Crippen LogP contribution in [0.3, 0.4) is 0 Å². The molecule has 1 heterocycles. The van der Waals surface area contributed by atoms with Crippen molar-refractivity contribution in [1.29, 1.82) is 10.5 Å². The SMILES string of the molecule is C=CCN(CC=C)c1ccc(C=CC2=CC(=C(C#N)C#N)C=C(C=Cc3ccc(N(CCCCC)CCCCC)cc3)O2)cc1. The zero-order chi connectivity index (χ0) is 32.3. The van der Waals surface area contributed by atoms with Gasteiger partial charge in [-0.15, -0.1) is 13.2 Å². The summed E-state index contributed by atoms with van der Waals surface area (Å²) < 4.78 is 6.15. The summed E-state index contributed by atoms with van der Waals surface area (Å²) in [5.74, 6) is 1.10. The van der Waals surface area contributed by atoms with Crippen molar-refractivity contribution in [2.45, 2.75) is 52.4 Å². The third-order valence-electron chi connectivity index (χ3n) is 7.50. The summed E-state index contributed by atoms with van der Waals surface area (Å²) >= 11 is 0. The molecule has 45 heavy (non-hydrogen) atoms. The standard InChI is InChI=1S/C40H46N4O/c1-5-9-11-27-44(28-12-10-6-2)38-21-15-34(16-22-38)18-24-40-30-35(36(31-41)32-42)29-39(45-40)23-17-33-13-19-37(20-14-33)43(25-7-3)26-8-4/h7-8,13-24,29-30H,3-6,9-12,25-28H2,1-2H3. The van der Waals surface area contributed by atoms with Crippen molar-refractivity contribution >= 4 is 23.5 Å². The van der Waals surface area contributed by atoms with E-state index in [1.165, 1.54) is 44.2 Å². The molecule has 5 heteroatoms. The number of benzene rings is 2. The molecule has 1 aliphatic heterocycles. The molecule has 5 nitrogen and oxygen atoms in total. The van der Waals surface area contributed by atoms with Crippen LogP contribution in [0.15, 0.2) is 121 Å². The highest BCUT2D eigenvalue weighted by molar-refractivity contribution is 5.62. The van der Waals surface area contributed by atoms with Crippen LogP contribution in [0, 0.1) is 22.7 Å². The van der Waals surface area contributed by atoms with Crippen LogP contribution >= 0.6 is 0 Å². The van der Waals surface area contributed by atoms with Gasteiger partial charge in [0.15, 0.2) is 0 Å². The van der Waals surface area contributed by atoms with Gasteiger partial charge in [0, 0.05) is 43.1 Å². The second-order valence-corrected chi connectivity index (χ2v) is 11.0. The highest BCUT2D eigenvalue weighted by Crippen LogP contribution is 2.26. The Balaban J connectivity index is 1.76. The van der Waals surface area contributed by atoms with E-state index in [-0.39, 0.29) is 5.57 Å². The number of hydrogen-bond acceptors (Lipinski definition) is 5. The first kappa shape index (κ1) is 34.5.